The number of rotatable bonds is 3. The fourth-order valence-electron chi connectivity index (χ4n) is 2.05. The van der Waals surface area contributed by atoms with Gasteiger partial charge in [0.05, 0.1) is 0 Å². The first-order valence-electron chi connectivity index (χ1n) is 7.31. The standard InChI is InChI=1S/C17H20.C2H6/c1-13(2)12-15-6-10-17(11-7-15)16-8-4-14(3)5-9-16;1-2/h4-11,13H,12H2,1-3H3;1-2H3. The SMILES string of the molecule is CC.Cc1ccc(-c2ccc(CC(C)C)cc2)cc1. The maximum atomic E-state index is 2.26. The molecule has 0 amide bonds. The van der Waals surface area contributed by atoms with Crippen LogP contribution in [0.5, 0.6) is 0 Å². The molecular formula is C19H26. The van der Waals surface area contributed by atoms with Crippen LogP contribution in [0.4, 0.5) is 0 Å². The van der Waals surface area contributed by atoms with E-state index < -0.39 is 0 Å². The van der Waals surface area contributed by atoms with Gasteiger partial charge in [-0.15, -0.1) is 0 Å². The molecule has 0 aliphatic heterocycles. The van der Waals surface area contributed by atoms with Crippen molar-refractivity contribution in [1.82, 2.24) is 0 Å². The van der Waals surface area contributed by atoms with Crippen LogP contribution in [-0.2, 0) is 6.42 Å². The zero-order valence-electron chi connectivity index (χ0n) is 12.9. The molecule has 0 aromatic heterocycles. The molecule has 0 saturated heterocycles. The third-order valence-electron chi connectivity index (χ3n) is 2.98. The summed E-state index contributed by atoms with van der Waals surface area (Å²) in [5.41, 5.74) is 5.34. The number of benzene rings is 2. The van der Waals surface area contributed by atoms with Crippen molar-refractivity contribution in [2.24, 2.45) is 5.92 Å². The van der Waals surface area contributed by atoms with Crippen LogP contribution in [0.25, 0.3) is 11.1 Å². The van der Waals surface area contributed by atoms with Gasteiger partial charge in [0.2, 0.25) is 0 Å². The molecule has 2 rings (SSSR count). The van der Waals surface area contributed by atoms with Crippen molar-refractivity contribution in [3.63, 3.8) is 0 Å². The van der Waals surface area contributed by atoms with Gasteiger partial charge in [0.15, 0.2) is 0 Å². The molecule has 0 heterocycles. The molecule has 0 unspecified atom stereocenters. The lowest BCUT2D eigenvalue weighted by Crippen LogP contribution is -1.93. The van der Waals surface area contributed by atoms with Crippen molar-refractivity contribution in [3.05, 3.63) is 59.7 Å². The highest BCUT2D eigenvalue weighted by atomic mass is 14.0. The highest BCUT2D eigenvalue weighted by molar-refractivity contribution is 5.63. The molecule has 0 spiro atoms. The van der Waals surface area contributed by atoms with Gasteiger partial charge in [-0.1, -0.05) is 81.8 Å². The second kappa shape index (κ2) is 7.78. The third-order valence-corrected chi connectivity index (χ3v) is 2.98. The molecule has 0 heteroatoms. The molecular weight excluding hydrogens is 228 g/mol. The van der Waals surface area contributed by atoms with Crippen LogP contribution in [0.3, 0.4) is 0 Å². The molecule has 0 bridgehead atoms. The monoisotopic (exact) mass is 254 g/mol. The average molecular weight is 254 g/mol. The fourth-order valence-corrected chi connectivity index (χ4v) is 2.05. The summed E-state index contributed by atoms with van der Waals surface area (Å²) in [6.07, 6.45) is 1.16. The maximum Gasteiger partial charge on any atom is -0.0184 e. The minimum atomic E-state index is 0.722. The molecule has 0 aliphatic carbocycles. The van der Waals surface area contributed by atoms with Gasteiger partial charge in [-0.05, 0) is 36.0 Å². The molecule has 0 saturated carbocycles. The van der Waals surface area contributed by atoms with Gasteiger partial charge in [0.25, 0.3) is 0 Å². The minimum absolute atomic E-state index is 0.722. The van der Waals surface area contributed by atoms with E-state index in [-0.39, 0.29) is 0 Å². The van der Waals surface area contributed by atoms with Crippen LogP contribution in [0.15, 0.2) is 48.5 Å². The third kappa shape index (κ3) is 4.90. The highest BCUT2D eigenvalue weighted by Crippen LogP contribution is 2.21. The maximum absolute atomic E-state index is 2.26. The summed E-state index contributed by atoms with van der Waals surface area (Å²) in [6, 6.07) is 17.6. The van der Waals surface area contributed by atoms with E-state index >= 15 is 0 Å². The average Bonchev–Trinajstić information content (AvgIpc) is 2.42. The zero-order valence-corrected chi connectivity index (χ0v) is 12.9. The summed E-state index contributed by atoms with van der Waals surface area (Å²) >= 11 is 0. The predicted octanol–water partition coefficient (Wildman–Crippen LogP) is 5.89. The Bertz CT molecular complexity index is 460. The Morgan fingerprint density at radius 3 is 1.58 bits per heavy atom. The Morgan fingerprint density at radius 1 is 0.737 bits per heavy atom. The van der Waals surface area contributed by atoms with Gasteiger partial charge in [-0.2, -0.15) is 0 Å². The molecule has 102 valence electrons. The molecule has 19 heavy (non-hydrogen) atoms. The van der Waals surface area contributed by atoms with Crippen molar-refractivity contribution in [2.75, 3.05) is 0 Å². The normalized spacial score (nSPS) is 10.0. The molecule has 2 aromatic carbocycles. The summed E-state index contributed by atoms with van der Waals surface area (Å²) in [5.74, 6) is 0.722. The highest BCUT2D eigenvalue weighted by Gasteiger charge is 2.00. The van der Waals surface area contributed by atoms with Crippen LogP contribution >= 0.6 is 0 Å². The first kappa shape index (κ1) is 15.5. The quantitative estimate of drug-likeness (QED) is 0.641. The first-order chi connectivity index (χ1) is 9.15. The van der Waals surface area contributed by atoms with E-state index in [4.69, 9.17) is 0 Å². The van der Waals surface area contributed by atoms with Crippen LogP contribution in [0.1, 0.15) is 38.8 Å². The van der Waals surface area contributed by atoms with E-state index in [0.717, 1.165) is 12.3 Å². The van der Waals surface area contributed by atoms with Crippen molar-refractivity contribution < 1.29 is 0 Å². The smallest absolute Gasteiger partial charge is 0.0184 e. The van der Waals surface area contributed by atoms with E-state index in [2.05, 4.69) is 69.3 Å². The van der Waals surface area contributed by atoms with Gasteiger partial charge in [0.1, 0.15) is 0 Å². The second-order valence-electron chi connectivity index (χ2n) is 5.16. The van der Waals surface area contributed by atoms with Gasteiger partial charge >= 0.3 is 0 Å². The van der Waals surface area contributed by atoms with Crippen LogP contribution in [-0.4, -0.2) is 0 Å². The van der Waals surface area contributed by atoms with Gasteiger partial charge in [-0.25, -0.2) is 0 Å². The Hall–Kier alpha value is -1.56. The Labute approximate surface area is 118 Å². The van der Waals surface area contributed by atoms with Crippen molar-refractivity contribution in [3.8, 4) is 11.1 Å². The largest absolute Gasteiger partial charge is 0.0683 e. The summed E-state index contributed by atoms with van der Waals surface area (Å²) < 4.78 is 0. The van der Waals surface area contributed by atoms with E-state index in [1.165, 1.54) is 22.3 Å². The fraction of sp³-hybridized carbons (Fsp3) is 0.368. The van der Waals surface area contributed by atoms with Gasteiger partial charge in [0, 0.05) is 0 Å². The zero-order chi connectivity index (χ0) is 14.3. The summed E-state index contributed by atoms with van der Waals surface area (Å²) in [7, 11) is 0. The molecule has 0 N–H and O–H groups in total. The summed E-state index contributed by atoms with van der Waals surface area (Å²) in [4.78, 5) is 0. The Kier molecular flexibility index (Phi) is 6.35. The Morgan fingerprint density at radius 2 is 1.16 bits per heavy atom. The number of aryl methyl sites for hydroxylation is 1. The van der Waals surface area contributed by atoms with Gasteiger partial charge < -0.3 is 0 Å². The number of hydrogen-bond donors (Lipinski definition) is 0. The lowest BCUT2D eigenvalue weighted by Gasteiger charge is -2.07. The molecule has 0 aliphatic rings. The summed E-state index contributed by atoms with van der Waals surface area (Å²) in [6.45, 7) is 10.6. The van der Waals surface area contributed by atoms with Gasteiger partial charge in [-0.3, -0.25) is 0 Å². The van der Waals surface area contributed by atoms with E-state index in [1.807, 2.05) is 13.8 Å². The van der Waals surface area contributed by atoms with Crippen LogP contribution in [0.2, 0.25) is 0 Å². The molecule has 2 aromatic rings. The summed E-state index contributed by atoms with van der Waals surface area (Å²) in [5, 5.41) is 0. The molecule has 0 atom stereocenters. The van der Waals surface area contributed by atoms with Crippen molar-refractivity contribution >= 4 is 0 Å². The van der Waals surface area contributed by atoms with Crippen LogP contribution in [0, 0.1) is 12.8 Å². The molecule has 0 radical (unpaired) electrons. The van der Waals surface area contributed by atoms with E-state index in [1.54, 1.807) is 0 Å². The topological polar surface area (TPSA) is 0 Å². The Balaban J connectivity index is 0.000000861. The molecule has 0 nitrogen and oxygen atoms in total. The first-order valence-corrected chi connectivity index (χ1v) is 7.31. The lowest BCUT2D eigenvalue weighted by molar-refractivity contribution is 0.647. The lowest BCUT2D eigenvalue weighted by atomic mass is 9.99. The van der Waals surface area contributed by atoms with Crippen LogP contribution < -0.4 is 0 Å². The van der Waals surface area contributed by atoms with Crippen molar-refractivity contribution in [1.29, 1.82) is 0 Å². The minimum Gasteiger partial charge on any atom is -0.0683 e. The molecule has 0 fully saturated rings. The predicted molar refractivity (Wildman–Crippen MR) is 86.5 cm³/mol. The van der Waals surface area contributed by atoms with E-state index in [9.17, 15) is 0 Å². The number of hydrogen-bond acceptors (Lipinski definition) is 0. The second-order valence-corrected chi connectivity index (χ2v) is 5.16. The van der Waals surface area contributed by atoms with Crippen molar-refractivity contribution in [2.45, 2.75) is 41.0 Å². The van der Waals surface area contributed by atoms with E-state index in [0.29, 0.717) is 0 Å².